The number of imide groups is 1. The number of aryl methyl sites for hydroxylation is 2. The molecule has 0 aromatic heterocycles. The van der Waals surface area contributed by atoms with Gasteiger partial charge in [0.25, 0.3) is 0 Å². The monoisotopic (exact) mass is 329 g/mol. The van der Waals surface area contributed by atoms with Crippen LogP contribution in [0.15, 0.2) is 29.8 Å². The Balaban J connectivity index is 1.66. The number of hydrogen-bond acceptors (Lipinski definition) is 3. The van der Waals surface area contributed by atoms with Crippen molar-refractivity contribution in [1.29, 1.82) is 0 Å². The van der Waals surface area contributed by atoms with Crippen LogP contribution in [0, 0.1) is 13.8 Å². The van der Waals surface area contributed by atoms with Gasteiger partial charge in [0.05, 0.1) is 6.54 Å². The Bertz CT molecular complexity index is 623. The summed E-state index contributed by atoms with van der Waals surface area (Å²) >= 11 is 0. The van der Waals surface area contributed by atoms with Crippen molar-refractivity contribution in [3.63, 3.8) is 0 Å². The van der Waals surface area contributed by atoms with E-state index in [1.807, 2.05) is 32.0 Å². The summed E-state index contributed by atoms with van der Waals surface area (Å²) in [4.78, 5) is 23.6. The van der Waals surface area contributed by atoms with Gasteiger partial charge in [-0.3, -0.25) is 10.1 Å². The molecule has 0 fully saturated rings. The highest BCUT2D eigenvalue weighted by atomic mass is 16.2. The van der Waals surface area contributed by atoms with Gasteiger partial charge in [-0.15, -0.1) is 0 Å². The van der Waals surface area contributed by atoms with Gasteiger partial charge >= 0.3 is 6.03 Å². The molecule has 1 aromatic carbocycles. The van der Waals surface area contributed by atoms with Crippen LogP contribution in [-0.2, 0) is 4.79 Å². The summed E-state index contributed by atoms with van der Waals surface area (Å²) in [7, 11) is 0. The van der Waals surface area contributed by atoms with Crippen molar-refractivity contribution in [3.8, 4) is 0 Å². The van der Waals surface area contributed by atoms with Crippen LogP contribution in [0.25, 0.3) is 0 Å². The Labute approximate surface area is 143 Å². The standard InChI is InChI=1S/C19H27N3O2/c1-14-8-9-17(15(2)12-14)21-13-18(23)22-19(24)20-11-10-16-6-4-3-5-7-16/h6,8-9,12,21H,3-5,7,10-11,13H2,1-2H3,(H2,20,22,23,24). The number of carbonyl (C=O) groups is 2. The van der Waals surface area contributed by atoms with E-state index in [4.69, 9.17) is 0 Å². The van der Waals surface area contributed by atoms with E-state index in [2.05, 4.69) is 22.0 Å². The minimum atomic E-state index is -0.432. The molecule has 0 saturated carbocycles. The van der Waals surface area contributed by atoms with Gasteiger partial charge in [0, 0.05) is 12.2 Å². The molecule has 0 bridgehead atoms. The van der Waals surface area contributed by atoms with Crippen LogP contribution in [0.4, 0.5) is 10.5 Å². The molecule has 5 heteroatoms. The van der Waals surface area contributed by atoms with E-state index >= 15 is 0 Å². The third-order valence-electron chi connectivity index (χ3n) is 4.19. The Kier molecular flexibility index (Phi) is 6.85. The summed E-state index contributed by atoms with van der Waals surface area (Å²) in [6, 6.07) is 5.54. The zero-order chi connectivity index (χ0) is 17.4. The smallest absolute Gasteiger partial charge is 0.321 e. The highest BCUT2D eigenvalue weighted by molar-refractivity contribution is 5.96. The lowest BCUT2D eigenvalue weighted by molar-refractivity contribution is -0.118. The molecular formula is C19H27N3O2. The third kappa shape index (κ3) is 6.07. The number of benzene rings is 1. The van der Waals surface area contributed by atoms with Crippen molar-refractivity contribution in [1.82, 2.24) is 10.6 Å². The predicted octanol–water partition coefficient (Wildman–Crippen LogP) is 3.43. The summed E-state index contributed by atoms with van der Waals surface area (Å²) in [5.41, 5.74) is 4.56. The van der Waals surface area contributed by atoms with Crippen LogP contribution in [0.3, 0.4) is 0 Å². The fourth-order valence-corrected chi connectivity index (χ4v) is 2.87. The fraction of sp³-hybridized carbons (Fsp3) is 0.474. The summed E-state index contributed by atoms with van der Waals surface area (Å²) in [6.45, 7) is 4.65. The van der Waals surface area contributed by atoms with E-state index in [1.54, 1.807) is 0 Å². The molecule has 5 nitrogen and oxygen atoms in total. The lowest BCUT2D eigenvalue weighted by atomic mass is 9.97. The van der Waals surface area contributed by atoms with Crippen LogP contribution >= 0.6 is 0 Å². The van der Waals surface area contributed by atoms with Gasteiger partial charge < -0.3 is 10.6 Å². The maximum absolute atomic E-state index is 11.8. The molecule has 1 aliphatic rings. The lowest BCUT2D eigenvalue weighted by Gasteiger charge is -2.13. The maximum atomic E-state index is 11.8. The SMILES string of the molecule is Cc1ccc(NCC(=O)NC(=O)NCCC2=CCCCC2)c(C)c1. The quantitative estimate of drug-likeness (QED) is 0.700. The van der Waals surface area contributed by atoms with Crippen molar-refractivity contribution in [2.45, 2.75) is 46.0 Å². The Hall–Kier alpha value is -2.30. The second-order valence-electron chi connectivity index (χ2n) is 6.33. The number of urea groups is 1. The number of allylic oxidation sites excluding steroid dienone is 1. The molecule has 3 amide bonds. The Morgan fingerprint density at radius 2 is 2.00 bits per heavy atom. The van der Waals surface area contributed by atoms with Crippen LogP contribution in [0.5, 0.6) is 0 Å². The summed E-state index contributed by atoms with van der Waals surface area (Å²) in [5, 5.41) is 8.14. The van der Waals surface area contributed by atoms with Crippen LogP contribution in [0.2, 0.25) is 0 Å². The first-order valence-corrected chi connectivity index (χ1v) is 8.61. The molecule has 0 unspecified atom stereocenters. The zero-order valence-corrected chi connectivity index (χ0v) is 14.6. The number of hydrogen-bond donors (Lipinski definition) is 3. The maximum Gasteiger partial charge on any atom is 0.321 e. The van der Waals surface area contributed by atoms with E-state index < -0.39 is 6.03 Å². The topological polar surface area (TPSA) is 70.2 Å². The first-order chi connectivity index (χ1) is 11.5. The molecule has 0 aliphatic heterocycles. The van der Waals surface area contributed by atoms with Gasteiger partial charge in [0.2, 0.25) is 5.91 Å². The van der Waals surface area contributed by atoms with Crippen molar-refractivity contribution >= 4 is 17.6 Å². The van der Waals surface area contributed by atoms with Gasteiger partial charge in [-0.05, 0) is 57.6 Å². The first kappa shape index (κ1) is 18.0. The average molecular weight is 329 g/mol. The number of nitrogens with one attached hydrogen (secondary N) is 3. The Morgan fingerprint density at radius 3 is 2.71 bits per heavy atom. The van der Waals surface area contributed by atoms with E-state index in [0.717, 1.165) is 30.5 Å². The van der Waals surface area contributed by atoms with E-state index in [0.29, 0.717) is 6.54 Å². The highest BCUT2D eigenvalue weighted by Crippen LogP contribution is 2.19. The average Bonchev–Trinajstić information content (AvgIpc) is 2.55. The fourth-order valence-electron chi connectivity index (χ4n) is 2.87. The molecule has 0 heterocycles. The molecule has 24 heavy (non-hydrogen) atoms. The molecule has 0 atom stereocenters. The highest BCUT2D eigenvalue weighted by Gasteiger charge is 2.09. The number of amides is 3. The summed E-state index contributed by atoms with van der Waals surface area (Å²) < 4.78 is 0. The van der Waals surface area contributed by atoms with E-state index in [1.165, 1.54) is 24.0 Å². The molecule has 1 aliphatic carbocycles. The molecule has 0 saturated heterocycles. The molecular weight excluding hydrogens is 302 g/mol. The number of anilines is 1. The molecule has 3 N–H and O–H groups in total. The predicted molar refractivity (Wildman–Crippen MR) is 97.1 cm³/mol. The van der Waals surface area contributed by atoms with Gasteiger partial charge in [0.15, 0.2) is 0 Å². The number of rotatable bonds is 6. The van der Waals surface area contributed by atoms with Crippen molar-refractivity contribution in [2.24, 2.45) is 0 Å². The number of carbonyl (C=O) groups excluding carboxylic acids is 2. The van der Waals surface area contributed by atoms with Crippen molar-refractivity contribution in [2.75, 3.05) is 18.4 Å². The van der Waals surface area contributed by atoms with Crippen molar-refractivity contribution < 1.29 is 9.59 Å². The molecule has 0 radical (unpaired) electrons. The first-order valence-electron chi connectivity index (χ1n) is 8.61. The molecule has 1 aromatic rings. The van der Waals surface area contributed by atoms with E-state index in [-0.39, 0.29) is 12.5 Å². The molecule has 130 valence electrons. The third-order valence-corrected chi connectivity index (χ3v) is 4.19. The van der Waals surface area contributed by atoms with Crippen LogP contribution in [-0.4, -0.2) is 25.0 Å². The summed E-state index contributed by atoms with van der Waals surface area (Å²) in [5.74, 6) is -0.343. The minimum absolute atomic E-state index is 0.0719. The minimum Gasteiger partial charge on any atom is -0.376 e. The molecule has 2 rings (SSSR count). The zero-order valence-electron chi connectivity index (χ0n) is 14.6. The molecule has 0 spiro atoms. The second-order valence-corrected chi connectivity index (χ2v) is 6.33. The van der Waals surface area contributed by atoms with Crippen LogP contribution < -0.4 is 16.0 Å². The van der Waals surface area contributed by atoms with Gasteiger partial charge in [-0.1, -0.05) is 29.3 Å². The van der Waals surface area contributed by atoms with Crippen LogP contribution in [0.1, 0.15) is 43.2 Å². The van der Waals surface area contributed by atoms with Gasteiger partial charge in [0.1, 0.15) is 0 Å². The van der Waals surface area contributed by atoms with E-state index in [9.17, 15) is 9.59 Å². The van der Waals surface area contributed by atoms with Crippen molar-refractivity contribution in [3.05, 3.63) is 41.0 Å². The largest absolute Gasteiger partial charge is 0.376 e. The second kappa shape index (κ2) is 9.11. The summed E-state index contributed by atoms with van der Waals surface area (Å²) in [6.07, 6.45) is 7.90. The normalized spacial score (nSPS) is 13.8. The van der Waals surface area contributed by atoms with Gasteiger partial charge in [-0.25, -0.2) is 4.79 Å². The van der Waals surface area contributed by atoms with Gasteiger partial charge in [-0.2, -0.15) is 0 Å². The lowest BCUT2D eigenvalue weighted by Crippen LogP contribution is -2.42. The Morgan fingerprint density at radius 1 is 1.17 bits per heavy atom.